The van der Waals surface area contributed by atoms with E-state index in [9.17, 15) is 0 Å². The van der Waals surface area contributed by atoms with Gasteiger partial charge in [0.2, 0.25) is 0 Å². The van der Waals surface area contributed by atoms with Crippen LogP contribution in [0.15, 0.2) is 4.99 Å². The first-order chi connectivity index (χ1) is 6.77. The van der Waals surface area contributed by atoms with Gasteiger partial charge < -0.3 is 10.5 Å². The first-order valence-corrected chi connectivity index (χ1v) is 5.60. The molecule has 0 radical (unpaired) electrons. The summed E-state index contributed by atoms with van der Waals surface area (Å²) >= 11 is 0. The van der Waals surface area contributed by atoms with Crippen molar-refractivity contribution in [3.63, 3.8) is 0 Å². The van der Waals surface area contributed by atoms with Crippen molar-refractivity contribution in [2.45, 2.75) is 45.1 Å². The van der Waals surface area contributed by atoms with E-state index in [0.717, 1.165) is 12.3 Å². The van der Waals surface area contributed by atoms with E-state index >= 15 is 0 Å². The molecule has 0 aromatic rings. The zero-order chi connectivity index (χ0) is 10.4. The Kier molecular flexibility index (Phi) is 4.94. The quantitative estimate of drug-likeness (QED) is 0.542. The van der Waals surface area contributed by atoms with Crippen LogP contribution in [0.4, 0.5) is 0 Å². The molecule has 0 saturated heterocycles. The molecule has 1 fully saturated rings. The fourth-order valence-corrected chi connectivity index (χ4v) is 1.98. The van der Waals surface area contributed by atoms with Gasteiger partial charge in [-0.25, -0.2) is 0 Å². The van der Waals surface area contributed by atoms with Crippen LogP contribution in [0.5, 0.6) is 0 Å². The molecule has 14 heavy (non-hydrogen) atoms. The minimum atomic E-state index is 0.251. The highest BCUT2D eigenvalue weighted by Gasteiger charge is 2.19. The number of nitrogens with zero attached hydrogens (tertiary/aromatic N) is 1. The van der Waals surface area contributed by atoms with Gasteiger partial charge in [0, 0.05) is 13.0 Å². The maximum Gasteiger partial charge on any atom is 0.0972 e. The largest absolute Gasteiger partial charge is 0.387 e. The Morgan fingerprint density at radius 1 is 1.50 bits per heavy atom. The Bertz CT molecular complexity index is 186. The van der Waals surface area contributed by atoms with E-state index in [1.165, 1.54) is 25.7 Å². The molecule has 0 spiro atoms. The van der Waals surface area contributed by atoms with E-state index in [1.54, 1.807) is 7.11 Å². The van der Waals surface area contributed by atoms with Gasteiger partial charge in [0.25, 0.3) is 0 Å². The monoisotopic (exact) mass is 198 g/mol. The highest BCUT2D eigenvalue weighted by molar-refractivity contribution is 5.83. The topological polar surface area (TPSA) is 47.6 Å². The van der Waals surface area contributed by atoms with Crippen molar-refractivity contribution in [1.82, 2.24) is 0 Å². The third-order valence-corrected chi connectivity index (χ3v) is 2.94. The van der Waals surface area contributed by atoms with Crippen molar-refractivity contribution in [1.29, 1.82) is 0 Å². The first-order valence-electron chi connectivity index (χ1n) is 5.60. The summed E-state index contributed by atoms with van der Waals surface area (Å²) in [5.74, 6) is 1.40. The zero-order valence-corrected chi connectivity index (χ0v) is 9.33. The molecule has 0 amide bonds. The number of ether oxygens (including phenoxy) is 1. The molecule has 3 nitrogen and oxygen atoms in total. The van der Waals surface area contributed by atoms with Gasteiger partial charge in [-0.2, -0.15) is 0 Å². The number of rotatable bonds is 5. The molecular formula is C11H22N2O. The lowest BCUT2D eigenvalue weighted by Crippen LogP contribution is -2.25. The van der Waals surface area contributed by atoms with Crippen molar-refractivity contribution in [3.05, 3.63) is 0 Å². The smallest absolute Gasteiger partial charge is 0.0972 e. The second-order valence-corrected chi connectivity index (χ2v) is 4.05. The third kappa shape index (κ3) is 3.29. The molecule has 0 aromatic carbocycles. The summed E-state index contributed by atoms with van der Waals surface area (Å²) in [6.45, 7) is 2.80. The Morgan fingerprint density at radius 3 is 2.64 bits per heavy atom. The van der Waals surface area contributed by atoms with Crippen molar-refractivity contribution < 1.29 is 4.74 Å². The van der Waals surface area contributed by atoms with Gasteiger partial charge in [-0.1, -0.05) is 19.8 Å². The van der Waals surface area contributed by atoms with Crippen LogP contribution in [0.3, 0.4) is 0 Å². The van der Waals surface area contributed by atoms with Gasteiger partial charge in [-0.15, -0.1) is 0 Å². The predicted octanol–water partition coefficient (Wildman–Crippen LogP) is 1.96. The van der Waals surface area contributed by atoms with E-state index in [1.807, 2.05) is 0 Å². The molecular weight excluding hydrogens is 176 g/mol. The Morgan fingerprint density at radius 2 is 2.14 bits per heavy atom. The van der Waals surface area contributed by atoms with E-state index < -0.39 is 0 Å². The van der Waals surface area contributed by atoms with Gasteiger partial charge in [0.1, 0.15) is 0 Å². The molecule has 0 bridgehead atoms. The Hall–Kier alpha value is -0.570. The van der Waals surface area contributed by atoms with E-state index in [0.29, 0.717) is 12.5 Å². The third-order valence-electron chi connectivity index (χ3n) is 2.94. The zero-order valence-electron chi connectivity index (χ0n) is 9.33. The average molecular weight is 198 g/mol. The summed E-state index contributed by atoms with van der Waals surface area (Å²) in [4.78, 5) is 4.54. The minimum absolute atomic E-state index is 0.251. The van der Waals surface area contributed by atoms with Crippen LogP contribution in [0.2, 0.25) is 0 Å². The molecule has 82 valence electrons. The lowest BCUT2D eigenvalue weighted by molar-refractivity contribution is 0.179. The molecule has 3 heteroatoms. The lowest BCUT2D eigenvalue weighted by atomic mass is 10.1. The van der Waals surface area contributed by atoms with Crippen LogP contribution in [0.25, 0.3) is 0 Å². The number of hydrogen-bond donors (Lipinski definition) is 1. The SMILES string of the molecule is CCC(COC)N=C(N)C1CCCC1. The van der Waals surface area contributed by atoms with Crippen LogP contribution in [0, 0.1) is 5.92 Å². The summed E-state index contributed by atoms with van der Waals surface area (Å²) < 4.78 is 5.10. The van der Waals surface area contributed by atoms with Crippen LogP contribution in [-0.4, -0.2) is 25.6 Å². The van der Waals surface area contributed by atoms with Crippen molar-refractivity contribution in [2.24, 2.45) is 16.6 Å². The van der Waals surface area contributed by atoms with Crippen LogP contribution < -0.4 is 5.73 Å². The van der Waals surface area contributed by atoms with Gasteiger partial charge in [0.15, 0.2) is 0 Å². The lowest BCUT2D eigenvalue weighted by Gasteiger charge is -2.13. The first kappa shape index (κ1) is 11.5. The number of methoxy groups -OCH3 is 1. The van der Waals surface area contributed by atoms with Crippen LogP contribution in [-0.2, 0) is 4.74 Å². The summed E-state index contributed by atoms with van der Waals surface area (Å²) in [7, 11) is 1.71. The standard InChI is InChI=1S/C11H22N2O/c1-3-10(8-14-2)13-11(12)9-6-4-5-7-9/h9-10H,3-8H2,1-2H3,(H2,12,13). The highest BCUT2D eigenvalue weighted by atomic mass is 16.5. The minimum Gasteiger partial charge on any atom is -0.387 e. The van der Waals surface area contributed by atoms with E-state index in [2.05, 4.69) is 11.9 Å². The van der Waals surface area contributed by atoms with Crippen molar-refractivity contribution >= 4 is 5.84 Å². The van der Waals surface area contributed by atoms with Gasteiger partial charge >= 0.3 is 0 Å². The van der Waals surface area contributed by atoms with Crippen LogP contribution >= 0.6 is 0 Å². The van der Waals surface area contributed by atoms with Crippen LogP contribution in [0.1, 0.15) is 39.0 Å². The number of aliphatic imine (C=N–C) groups is 1. The summed E-state index contributed by atoms with van der Waals surface area (Å²) in [6.07, 6.45) is 6.06. The fourth-order valence-electron chi connectivity index (χ4n) is 1.98. The molecule has 0 aromatic heterocycles. The average Bonchev–Trinajstić information content (AvgIpc) is 2.69. The van der Waals surface area contributed by atoms with Gasteiger partial charge in [0.05, 0.1) is 18.5 Å². The molecule has 0 aliphatic heterocycles. The highest BCUT2D eigenvalue weighted by Crippen LogP contribution is 2.24. The van der Waals surface area contributed by atoms with Gasteiger partial charge in [-0.3, -0.25) is 4.99 Å². The van der Waals surface area contributed by atoms with Gasteiger partial charge in [-0.05, 0) is 19.3 Å². The summed E-state index contributed by atoms with van der Waals surface area (Å²) in [5.41, 5.74) is 5.98. The molecule has 1 unspecified atom stereocenters. The molecule has 1 rings (SSSR count). The molecule has 1 atom stereocenters. The van der Waals surface area contributed by atoms with E-state index in [-0.39, 0.29) is 6.04 Å². The molecule has 2 N–H and O–H groups in total. The maximum absolute atomic E-state index is 5.98. The summed E-state index contributed by atoms with van der Waals surface area (Å²) in [6, 6.07) is 0.251. The normalized spacial score (nSPS) is 21.4. The molecule has 1 aliphatic carbocycles. The molecule has 0 heterocycles. The molecule has 1 saturated carbocycles. The van der Waals surface area contributed by atoms with E-state index in [4.69, 9.17) is 10.5 Å². The maximum atomic E-state index is 5.98. The second kappa shape index (κ2) is 6.02. The Balaban J connectivity index is 2.46. The second-order valence-electron chi connectivity index (χ2n) is 4.05. The summed E-state index contributed by atoms with van der Waals surface area (Å²) in [5, 5.41) is 0. The number of nitrogens with two attached hydrogens (primary N) is 1. The number of amidine groups is 1. The van der Waals surface area contributed by atoms with Crippen molar-refractivity contribution in [2.75, 3.05) is 13.7 Å². The Labute approximate surface area is 86.7 Å². The van der Waals surface area contributed by atoms with Crippen molar-refractivity contribution in [3.8, 4) is 0 Å². The fraction of sp³-hybridized carbons (Fsp3) is 0.909. The predicted molar refractivity (Wildman–Crippen MR) is 59.5 cm³/mol. The molecule has 1 aliphatic rings. The number of hydrogen-bond acceptors (Lipinski definition) is 2.